The summed E-state index contributed by atoms with van der Waals surface area (Å²) >= 11 is 0. The van der Waals surface area contributed by atoms with Crippen molar-refractivity contribution in [3.63, 3.8) is 0 Å². The summed E-state index contributed by atoms with van der Waals surface area (Å²) in [6.07, 6.45) is -0.653. The van der Waals surface area contributed by atoms with Crippen molar-refractivity contribution in [2.45, 2.75) is 12.8 Å². The van der Waals surface area contributed by atoms with Crippen LogP contribution in [0.25, 0.3) is 0 Å². The van der Waals surface area contributed by atoms with Gasteiger partial charge in [-0.05, 0) is 0 Å². The van der Waals surface area contributed by atoms with Crippen molar-refractivity contribution >= 4 is 23.6 Å². The van der Waals surface area contributed by atoms with Gasteiger partial charge in [0.2, 0.25) is 0 Å². The standard InChI is InChI=1S/C8H8N2O6/c11-5-1-3(7(13)9(5)15)4-2-6(12)10(16)8(4)14/h3-4,15-16H,1-2H2. The van der Waals surface area contributed by atoms with Gasteiger partial charge in [0.05, 0.1) is 11.8 Å². The Bertz CT molecular complexity index is 367. The number of rotatable bonds is 1. The lowest BCUT2D eigenvalue weighted by molar-refractivity contribution is -0.176. The van der Waals surface area contributed by atoms with Gasteiger partial charge in [-0.3, -0.25) is 29.6 Å². The third kappa shape index (κ3) is 1.31. The zero-order valence-electron chi connectivity index (χ0n) is 7.99. The van der Waals surface area contributed by atoms with Gasteiger partial charge in [0, 0.05) is 12.8 Å². The zero-order valence-corrected chi connectivity index (χ0v) is 7.99. The predicted octanol–water partition coefficient (Wildman–Crippen LogP) is -1.48. The van der Waals surface area contributed by atoms with Gasteiger partial charge in [-0.15, -0.1) is 0 Å². The van der Waals surface area contributed by atoms with E-state index in [1.165, 1.54) is 0 Å². The highest BCUT2D eigenvalue weighted by atomic mass is 16.5. The van der Waals surface area contributed by atoms with Crippen LogP contribution >= 0.6 is 0 Å². The van der Waals surface area contributed by atoms with Crippen molar-refractivity contribution in [2.24, 2.45) is 11.8 Å². The number of hydrogen-bond donors (Lipinski definition) is 2. The summed E-state index contributed by atoms with van der Waals surface area (Å²) in [6.45, 7) is 0. The molecule has 2 N–H and O–H groups in total. The lowest BCUT2D eigenvalue weighted by atomic mass is 9.89. The molecule has 2 heterocycles. The number of amides is 4. The largest absolute Gasteiger partial charge is 0.279 e. The summed E-state index contributed by atoms with van der Waals surface area (Å²) in [5.74, 6) is -5.58. The molecule has 2 aliphatic heterocycles. The second kappa shape index (κ2) is 3.35. The van der Waals surface area contributed by atoms with Gasteiger partial charge in [0.1, 0.15) is 0 Å². The minimum Gasteiger partial charge on any atom is -0.279 e. The minimum atomic E-state index is -1.06. The van der Waals surface area contributed by atoms with Crippen LogP contribution in [0.5, 0.6) is 0 Å². The molecule has 2 aliphatic rings. The van der Waals surface area contributed by atoms with Gasteiger partial charge in [-0.25, -0.2) is 0 Å². The highest BCUT2D eigenvalue weighted by molar-refractivity contribution is 6.08. The van der Waals surface area contributed by atoms with Crippen molar-refractivity contribution in [3.8, 4) is 0 Å². The Morgan fingerprint density at radius 2 is 1.12 bits per heavy atom. The quantitative estimate of drug-likeness (QED) is 0.417. The van der Waals surface area contributed by atoms with E-state index in [1.54, 1.807) is 0 Å². The lowest BCUT2D eigenvalue weighted by Gasteiger charge is -2.12. The maximum absolute atomic E-state index is 11.4. The fourth-order valence-electron chi connectivity index (χ4n) is 1.91. The van der Waals surface area contributed by atoms with Crippen molar-refractivity contribution < 1.29 is 29.6 Å². The molecule has 0 aromatic heterocycles. The van der Waals surface area contributed by atoms with Gasteiger partial charge in [0.25, 0.3) is 23.6 Å². The first-order valence-electron chi connectivity index (χ1n) is 4.55. The summed E-state index contributed by atoms with van der Waals surface area (Å²) in [7, 11) is 0. The molecule has 0 bridgehead atoms. The van der Waals surface area contributed by atoms with E-state index in [0.717, 1.165) is 0 Å². The van der Waals surface area contributed by atoms with Crippen LogP contribution in [0.1, 0.15) is 12.8 Å². The van der Waals surface area contributed by atoms with Crippen LogP contribution in [-0.2, 0) is 19.2 Å². The van der Waals surface area contributed by atoms with E-state index < -0.39 is 35.5 Å². The average molecular weight is 228 g/mol. The fourth-order valence-corrected chi connectivity index (χ4v) is 1.91. The summed E-state index contributed by atoms with van der Waals surface area (Å²) in [5.41, 5.74) is 0. The molecule has 0 spiro atoms. The first-order chi connectivity index (χ1) is 7.43. The van der Waals surface area contributed by atoms with E-state index in [1.807, 2.05) is 0 Å². The van der Waals surface area contributed by atoms with Gasteiger partial charge in [0.15, 0.2) is 0 Å². The molecule has 2 atom stereocenters. The SMILES string of the molecule is O=C1CC(C2CC(=O)N(O)C2=O)C(=O)N1O. The first-order valence-corrected chi connectivity index (χ1v) is 4.55. The van der Waals surface area contributed by atoms with Crippen LogP contribution in [0.15, 0.2) is 0 Å². The number of hydrogen-bond acceptors (Lipinski definition) is 6. The van der Waals surface area contributed by atoms with Gasteiger partial charge in [-0.2, -0.15) is 10.1 Å². The molecule has 8 heteroatoms. The van der Waals surface area contributed by atoms with E-state index in [0.29, 0.717) is 0 Å². The monoisotopic (exact) mass is 228 g/mol. The van der Waals surface area contributed by atoms with Crippen molar-refractivity contribution in [2.75, 3.05) is 0 Å². The Morgan fingerprint density at radius 3 is 1.31 bits per heavy atom. The molecule has 8 nitrogen and oxygen atoms in total. The highest BCUT2D eigenvalue weighted by Gasteiger charge is 2.51. The van der Waals surface area contributed by atoms with E-state index in [-0.39, 0.29) is 23.0 Å². The second-order valence-corrected chi connectivity index (χ2v) is 3.71. The van der Waals surface area contributed by atoms with Gasteiger partial charge in [-0.1, -0.05) is 0 Å². The summed E-state index contributed by atoms with van der Waals surface area (Å²) in [4.78, 5) is 44.7. The Kier molecular flexibility index (Phi) is 2.25. The van der Waals surface area contributed by atoms with E-state index in [4.69, 9.17) is 10.4 Å². The molecule has 4 amide bonds. The van der Waals surface area contributed by atoms with Crippen LogP contribution in [0.4, 0.5) is 0 Å². The molecule has 2 rings (SSSR count). The number of carbonyl (C=O) groups is 4. The maximum Gasteiger partial charge on any atom is 0.257 e. The van der Waals surface area contributed by atoms with Crippen molar-refractivity contribution in [1.82, 2.24) is 10.1 Å². The molecule has 16 heavy (non-hydrogen) atoms. The summed E-state index contributed by atoms with van der Waals surface area (Å²) < 4.78 is 0. The number of carbonyl (C=O) groups excluding carboxylic acids is 4. The predicted molar refractivity (Wildman–Crippen MR) is 43.5 cm³/mol. The van der Waals surface area contributed by atoms with E-state index >= 15 is 0 Å². The smallest absolute Gasteiger partial charge is 0.257 e. The second-order valence-electron chi connectivity index (χ2n) is 3.71. The molecule has 0 radical (unpaired) electrons. The molecule has 2 saturated heterocycles. The Morgan fingerprint density at radius 1 is 0.812 bits per heavy atom. The topological polar surface area (TPSA) is 115 Å². The maximum atomic E-state index is 11.4. The van der Waals surface area contributed by atoms with Crippen LogP contribution in [0, 0.1) is 11.8 Å². The third-order valence-corrected chi connectivity index (χ3v) is 2.80. The highest BCUT2D eigenvalue weighted by Crippen LogP contribution is 2.32. The van der Waals surface area contributed by atoms with Crippen LogP contribution in [0.3, 0.4) is 0 Å². The molecule has 86 valence electrons. The molecule has 0 aromatic carbocycles. The molecule has 0 aliphatic carbocycles. The molecule has 0 saturated carbocycles. The summed E-state index contributed by atoms with van der Waals surface area (Å²) in [5, 5.41) is 17.8. The number of hydroxylamine groups is 4. The molecular formula is C8H8N2O6. The molecular weight excluding hydrogens is 220 g/mol. The molecule has 0 aromatic rings. The van der Waals surface area contributed by atoms with Crippen LogP contribution in [-0.4, -0.2) is 44.2 Å². The summed E-state index contributed by atoms with van der Waals surface area (Å²) in [6, 6.07) is 0. The Hall–Kier alpha value is -1.80. The average Bonchev–Trinajstić information content (AvgIpc) is 2.64. The van der Waals surface area contributed by atoms with Crippen LogP contribution in [0.2, 0.25) is 0 Å². The Balaban J connectivity index is 2.22. The zero-order chi connectivity index (χ0) is 12.0. The van der Waals surface area contributed by atoms with Gasteiger partial charge >= 0.3 is 0 Å². The van der Waals surface area contributed by atoms with E-state index in [2.05, 4.69) is 0 Å². The van der Waals surface area contributed by atoms with E-state index in [9.17, 15) is 19.2 Å². The normalized spacial score (nSPS) is 30.9. The molecule has 2 fully saturated rings. The Labute approximate surface area is 88.9 Å². The van der Waals surface area contributed by atoms with Crippen molar-refractivity contribution in [3.05, 3.63) is 0 Å². The van der Waals surface area contributed by atoms with Gasteiger partial charge < -0.3 is 0 Å². The third-order valence-electron chi connectivity index (χ3n) is 2.80. The van der Waals surface area contributed by atoms with Crippen molar-refractivity contribution in [1.29, 1.82) is 0 Å². The fraction of sp³-hybridized carbons (Fsp3) is 0.500. The number of nitrogens with zero attached hydrogens (tertiary/aromatic N) is 2. The van der Waals surface area contributed by atoms with Crippen LogP contribution < -0.4 is 0 Å². The lowest BCUT2D eigenvalue weighted by Crippen LogP contribution is -2.33. The first kappa shape index (κ1) is 10.7. The number of imide groups is 2. The minimum absolute atomic E-state index is 0.0531. The molecule has 2 unspecified atom stereocenters.